The van der Waals surface area contributed by atoms with Crippen LogP contribution in [0.5, 0.6) is 5.88 Å². The number of nitrogens with one attached hydrogen (secondary N) is 1. The Morgan fingerprint density at radius 1 is 1.06 bits per heavy atom. The van der Waals surface area contributed by atoms with Gasteiger partial charge in [-0.1, -0.05) is 30.3 Å². The van der Waals surface area contributed by atoms with Gasteiger partial charge in [-0.25, -0.2) is 9.97 Å². The first kappa shape index (κ1) is 23.5. The molecule has 5 rings (SSSR count). The molecule has 1 fully saturated rings. The van der Waals surface area contributed by atoms with Crippen LogP contribution in [0.3, 0.4) is 0 Å². The van der Waals surface area contributed by atoms with Gasteiger partial charge >= 0.3 is 0 Å². The Hall–Kier alpha value is -4.20. The standard InChI is InChI=1S/C28H29N5O3/c1-32-23-13-6-5-12-22(23)30-25(32)15-16-26(34)33-18-8-14-24(33)27(35)31-21-11-4-3-9-19(21)20-10-7-17-29-28(20)36-2/h3-7,9-13,17,24H,8,14-16,18H2,1-2H3,(H,31,35)/t24-/m0/s1. The Kier molecular flexibility index (Phi) is 6.66. The largest absolute Gasteiger partial charge is 0.481 e. The lowest BCUT2D eigenvalue weighted by Crippen LogP contribution is -2.43. The minimum absolute atomic E-state index is 0.0260. The van der Waals surface area contributed by atoms with Gasteiger partial charge in [-0.2, -0.15) is 0 Å². The summed E-state index contributed by atoms with van der Waals surface area (Å²) in [6.45, 7) is 0.581. The number of nitrogens with zero attached hydrogens (tertiary/aromatic N) is 4. The number of fused-ring (bicyclic) bond motifs is 1. The lowest BCUT2D eigenvalue weighted by Gasteiger charge is -2.24. The summed E-state index contributed by atoms with van der Waals surface area (Å²) in [6, 6.07) is 18.7. The zero-order valence-electron chi connectivity index (χ0n) is 20.5. The summed E-state index contributed by atoms with van der Waals surface area (Å²) in [5, 5.41) is 3.06. The lowest BCUT2D eigenvalue weighted by molar-refractivity contribution is -0.136. The van der Waals surface area contributed by atoms with Crippen molar-refractivity contribution < 1.29 is 14.3 Å². The smallest absolute Gasteiger partial charge is 0.247 e. The highest BCUT2D eigenvalue weighted by molar-refractivity contribution is 6.00. The number of pyridine rings is 1. The Morgan fingerprint density at radius 3 is 2.67 bits per heavy atom. The van der Waals surface area contributed by atoms with Crippen molar-refractivity contribution in [2.75, 3.05) is 19.0 Å². The molecule has 1 saturated heterocycles. The summed E-state index contributed by atoms with van der Waals surface area (Å²) in [7, 11) is 3.54. The molecule has 1 aliphatic heterocycles. The molecule has 36 heavy (non-hydrogen) atoms. The first-order chi connectivity index (χ1) is 17.6. The molecule has 0 bridgehead atoms. The van der Waals surface area contributed by atoms with Crippen LogP contribution in [-0.2, 0) is 23.1 Å². The van der Waals surface area contributed by atoms with Crippen LogP contribution >= 0.6 is 0 Å². The van der Waals surface area contributed by atoms with Gasteiger partial charge in [-0.05, 0) is 43.2 Å². The zero-order valence-corrected chi connectivity index (χ0v) is 20.5. The molecular weight excluding hydrogens is 454 g/mol. The van der Waals surface area contributed by atoms with E-state index in [1.807, 2.05) is 72.3 Å². The van der Waals surface area contributed by atoms with Gasteiger partial charge in [0.05, 0.1) is 18.1 Å². The van der Waals surface area contributed by atoms with Gasteiger partial charge in [0.2, 0.25) is 17.7 Å². The first-order valence-corrected chi connectivity index (χ1v) is 12.2. The fraction of sp³-hybridized carbons (Fsp3) is 0.286. The van der Waals surface area contributed by atoms with E-state index in [4.69, 9.17) is 4.74 Å². The summed E-state index contributed by atoms with van der Waals surface area (Å²) in [4.78, 5) is 37.2. The Morgan fingerprint density at radius 2 is 1.83 bits per heavy atom. The number of ether oxygens (including phenoxy) is 1. The number of hydrogen-bond donors (Lipinski definition) is 1. The Bertz CT molecular complexity index is 1410. The highest BCUT2D eigenvalue weighted by atomic mass is 16.5. The van der Waals surface area contributed by atoms with Crippen molar-refractivity contribution in [2.45, 2.75) is 31.7 Å². The molecule has 3 heterocycles. The molecule has 1 atom stereocenters. The quantitative estimate of drug-likeness (QED) is 0.425. The number of benzene rings is 2. The van der Waals surface area contributed by atoms with Crippen molar-refractivity contribution in [3.05, 3.63) is 72.7 Å². The molecule has 0 spiro atoms. The predicted octanol–water partition coefficient (Wildman–Crippen LogP) is 4.21. The van der Waals surface area contributed by atoms with E-state index >= 15 is 0 Å². The van der Waals surface area contributed by atoms with Crippen molar-refractivity contribution in [1.82, 2.24) is 19.4 Å². The van der Waals surface area contributed by atoms with E-state index in [-0.39, 0.29) is 11.8 Å². The van der Waals surface area contributed by atoms with Gasteiger partial charge in [0.15, 0.2) is 0 Å². The number of amides is 2. The van der Waals surface area contributed by atoms with Crippen molar-refractivity contribution >= 4 is 28.5 Å². The van der Waals surface area contributed by atoms with E-state index in [1.165, 1.54) is 0 Å². The molecule has 2 aromatic heterocycles. The monoisotopic (exact) mass is 483 g/mol. The number of aromatic nitrogens is 3. The Labute approximate surface area is 209 Å². The van der Waals surface area contributed by atoms with Crippen LogP contribution < -0.4 is 10.1 Å². The maximum absolute atomic E-state index is 13.3. The van der Waals surface area contributed by atoms with Gasteiger partial charge < -0.3 is 19.5 Å². The van der Waals surface area contributed by atoms with E-state index in [1.54, 1.807) is 18.2 Å². The lowest BCUT2D eigenvalue weighted by atomic mass is 10.0. The van der Waals surface area contributed by atoms with Gasteiger partial charge in [0, 0.05) is 49.4 Å². The van der Waals surface area contributed by atoms with E-state index in [0.29, 0.717) is 37.4 Å². The van der Waals surface area contributed by atoms with Crippen molar-refractivity contribution in [3.8, 4) is 17.0 Å². The highest BCUT2D eigenvalue weighted by Gasteiger charge is 2.34. The molecule has 1 aliphatic rings. The topological polar surface area (TPSA) is 89.3 Å². The van der Waals surface area contributed by atoms with Crippen LogP contribution in [0.25, 0.3) is 22.2 Å². The van der Waals surface area contributed by atoms with Crippen LogP contribution in [0.4, 0.5) is 5.69 Å². The third-order valence-electron chi connectivity index (χ3n) is 6.76. The molecular formula is C28H29N5O3. The van der Waals surface area contributed by atoms with Crippen molar-refractivity contribution in [2.24, 2.45) is 7.05 Å². The van der Waals surface area contributed by atoms with Gasteiger partial charge in [-0.3, -0.25) is 9.59 Å². The van der Waals surface area contributed by atoms with Gasteiger partial charge in [-0.15, -0.1) is 0 Å². The zero-order chi connectivity index (χ0) is 25.1. The van der Waals surface area contributed by atoms with E-state index < -0.39 is 6.04 Å². The summed E-state index contributed by atoms with van der Waals surface area (Å²) in [5.41, 5.74) is 4.23. The number of methoxy groups -OCH3 is 1. The summed E-state index contributed by atoms with van der Waals surface area (Å²) < 4.78 is 7.44. The Balaban J connectivity index is 1.29. The number of imidazole rings is 1. The molecule has 0 unspecified atom stereocenters. The van der Waals surface area contributed by atoms with E-state index in [2.05, 4.69) is 15.3 Å². The minimum atomic E-state index is -0.498. The summed E-state index contributed by atoms with van der Waals surface area (Å²) >= 11 is 0. The maximum atomic E-state index is 13.3. The molecule has 8 nitrogen and oxygen atoms in total. The third-order valence-corrected chi connectivity index (χ3v) is 6.76. The summed E-state index contributed by atoms with van der Waals surface area (Å²) in [5.74, 6) is 1.14. The molecule has 4 aromatic rings. The van der Waals surface area contributed by atoms with E-state index in [9.17, 15) is 9.59 Å². The number of anilines is 1. The van der Waals surface area contributed by atoms with Crippen LogP contribution in [-0.4, -0.2) is 50.9 Å². The van der Waals surface area contributed by atoms with Gasteiger partial charge in [0.1, 0.15) is 11.9 Å². The number of para-hydroxylation sites is 3. The van der Waals surface area contributed by atoms with Gasteiger partial charge in [0.25, 0.3) is 0 Å². The number of rotatable bonds is 7. The van der Waals surface area contributed by atoms with Crippen molar-refractivity contribution in [1.29, 1.82) is 0 Å². The molecule has 0 aliphatic carbocycles. The van der Waals surface area contributed by atoms with Crippen molar-refractivity contribution in [3.63, 3.8) is 0 Å². The molecule has 1 N–H and O–H groups in total. The number of carbonyl (C=O) groups excluding carboxylic acids is 2. The minimum Gasteiger partial charge on any atom is -0.481 e. The highest BCUT2D eigenvalue weighted by Crippen LogP contribution is 2.34. The molecule has 0 saturated carbocycles. The van der Waals surface area contributed by atoms with Crippen LogP contribution in [0.1, 0.15) is 25.1 Å². The van der Waals surface area contributed by atoms with Crippen LogP contribution in [0.2, 0.25) is 0 Å². The number of likely N-dealkylation sites (tertiary alicyclic amines) is 1. The molecule has 8 heteroatoms. The summed E-state index contributed by atoms with van der Waals surface area (Å²) in [6.07, 6.45) is 3.94. The fourth-order valence-electron chi connectivity index (χ4n) is 4.92. The average Bonchev–Trinajstić information content (AvgIpc) is 3.53. The third kappa shape index (κ3) is 4.54. The van der Waals surface area contributed by atoms with Crippen LogP contribution in [0.15, 0.2) is 66.9 Å². The SMILES string of the molecule is COc1ncccc1-c1ccccc1NC(=O)[C@@H]1CCCN1C(=O)CCc1nc2ccccc2n1C. The van der Waals surface area contributed by atoms with E-state index in [0.717, 1.165) is 34.4 Å². The maximum Gasteiger partial charge on any atom is 0.247 e. The molecule has 2 amide bonds. The number of hydrogen-bond acceptors (Lipinski definition) is 5. The molecule has 184 valence electrons. The fourth-order valence-corrected chi connectivity index (χ4v) is 4.92. The molecule has 0 radical (unpaired) electrons. The number of aryl methyl sites for hydroxylation is 2. The number of carbonyl (C=O) groups is 2. The second-order valence-corrected chi connectivity index (χ2v) is 8.92. The normalized spacial score (nSPS) is 15.3. The second kappa shape index (κ2) is 10.2. The average molecular weight is 484 g/mol. The second-order valence-electron chi connectivity index (χ2n) is 8.92. The predicted molar refractivity (Wildman–Crippen MR) is 139 cm³/mol. The first-order valence-electron chi connectivity index (χ1n) is 12.2. The molecule has 2 aromatic carbocycles. The van der Waals surface area contributed by atoms with Crippen LogP contribution in [0, 0.1) is 0 Å².